The standard InChI is InChI=1S/2C28H27N5O4S.C27H27N5O3S/c34-26(21-6-2-1-3-7-21)14-17-37-23-12-10-20(11-13-23)25-19-30-28-32-22-8-4-9-24(18-22)38(35,36)31-16-5-15-29-27(25)33-28;34-26(22-6-2-1-3-7-22)19-37-18-20-10-12-21(13-11-20)25-17-30-28-32-23-8-4-9-24(16-23)38(35,36)31-15-5-14-29-27(25)33-28;33-36(34)24-9-4-8-22(18-24)31-27-29-19-25(26(32-27)28-15-5-16-30-36)21-10-12-23(13-11-21)35-17-14-20-6-2-1-3-7-20/h1-4,6-13,18-19,31H,5,14-17H2,(H2,29,30,32,33);1-4,6-13,16-17,31H,5,14-15,18-19H2,(H2,29,30,32,33);1-4,6-13,18-19,30H,5,14-17H2,(H2,28,29,31,32). The Kier molecular flexibility index (Phi) is 26.0. The summed E-state index contributed by atoms with van der Waals surface area (Å²) in [6, 6.07) is 71.4. The van der Waals surface area contributed by atoms with Gasteiger partial charge < -0.3 is 46.1 Å². The Bertz CT molecular complexity index is 5340. The summed E-state index contributed by atoms with van der Waals surface area (Å²) in [5.41, 5.74) is 10.4. The molecule has 0 unspecified atom stereocenters. The van der Waals surface area contributed by atoms with Crippen molar-refractivity contribution in [3.63, 3.8) is 0 Å². The van der Waals surface area contributed by atoms with E-state index in [1.807, 2.05) is 127 Å². The van der Waals surface area contributed by atoms with Crippen LogP contribution in [0.25, 0.3) is 33.4 Å². The summed E-state index contributed by atoms with van der Waals surface area (Å²) in [6.45, 7) is 3.70. The molecule has 9 aromatic carbocycles. The molecular weight excluding hydrogens is 1480 g/mol. The Morgan fingerprint density at radius 3 is 1.13 bits per heavy atom. The Morgan fingerprint density at radius 1 is 0.366 bits per heavy atom. The summed E-state index contributed by atoms with van der Waals surface area (Å²) in [7, 11) is -10.8. The number of fused-ring (bicyclic) bond motifs is 12. The van der Waals surface area contributed by atoms with Crippen molar-refractivity contribution in [1.29, 1.82) is 0 Å². The maximum absolute atomic E-state index is 12.6. The zero-order chi connectivity index (χ0) is 77.5. The van der Waals surface area contributed by atoms with Crippen molar-refractivity contribution >= 4 is 94.0 Å². The van der Waals surface area contributed by atoms with Crippen molar-refractivity contribution < 1.29 is 49.1 Å². The van der Waals surface area contributed by atoms with Crippen LogP contribution in [0.4, 0.5) is 52.4 Å². The summed E-state index contributed by atoms with van der Waals surface area (Å²) >= 11 is 0. The normalized spacial score (nSPS) is 14.6. The molecule has 0 atom stereocenters. The molecule has 3 aliphatic rings. The highest BCUT2D eigenvalue weighted by molar-refractivity contribution is 7.90. The quantitative estimate of drug-likeness (QED) is 0.0382. The molecule has 0 aliphatic carbocycles. The van der Waals surface area contributed by atoms with E-state index in [9.17, 15) is 34.8 Å². The smallest absolute Gasteiger partial charge is 0.240 e. The average molecular weight is 1560 g/mol. The van der Waals surface area contributed by atoms with Crippen LogP contribution in [0.15, 0.2) is 270 Å². The van der Waals surface area contributed by atoms with E-state index in [1.54, 1.807) is 116 Å². The molecular formula is C83H81N15O11S3. The molecule has 29 heteroatoms. The summed E-state index contributed by atoms with van der Waals surface area (Å²) in [5, 5.41) is 19.2. The average Bonchev–Trinajstić information content (AvgIpc) is 1.35. The van der Waals surface area contributed by atoms with Crippen LogP contribution in [0.1, 0.15) is 57.5 Å². The second-order valence-corrected chi connectivity index (χ2v) is 31.2. The number of ketones is 2. The van der Waals surface area contributed by atoms with Gasteiger partial charge in [-0.05, 0) is 126 Å². The van der Waals surface area contributed by atoms with Crippen molar-refractivity contribution in [2.75, 3.05) is 91.0 Å². The van der Waals surface area contributed by atoms with Crippen molar-refractivity contribution in [3.8, 4) is 44.9 Å². The van der Waals surface area contributed by atoms with Crippen LogP contribution in [0.3, 0.4) is 0 Å². The molecule has 112 heavy (non-hydrogen) atoms. The topological polar surface area (TPSA) is 350 Å². The maximum Gasteiger partial charge on any atom is 0.240 e. The van der Waals surface area contributed by atoms with Crippen LogP contribution in [0.5, 0.6) is 11.5 Å². The number of anilines is 9. The number of aromatic nitrogens is 6. The minimum absolute atomic E-state index is 0.0151. The minimum atomic E-state index is -3.61. The Hall–Kier alpha value is -12.4. The molecule has 572 valence electrons. The van der Waals surface area contributed by atoms with E-state index in [1.165, 1.54) is 5.56 Å². The van der Waals surface area contributed by atoms with Gasteiger partial charge in [0.25, 0.3) is 0 Å². The molecule has 12 bridgehead atoms. The monoisotopic (exact) mass is 1560 g/mol. The van der Waals surface area contributed by atoms with Crippen LogP contribution < -0.4 is 55.5 Å². The molecule has 0 saturated heterocycles. The molecule has 0 saturated carbocycles. The van der Waals surface area contributed by atoms with Gasteiger partial charge in [-0.1, -0.05) is 158 Å². The van der Waals surface area contributed by atoms with Gasteiger partial charge in [0.15, 0.2) is 11.6 Å². The number of Topliss-reactive ketones (excluding diaryl/α,β-unsaturated/α-hetero) is 2. The molecule has 0 spiro atoms. The number of nitrogens with zero attached hydrogens (tertiary/aromatic N) is 6. The van der Waals surface area contributed by atoms with E-state index in [2.05, 4.69) is 88.1 Å². The number of ether oxygens (including phenoxy) is 3. The van der Waals surface area contributed by atoms with Gasteiger partial charge in [0.2, 0.25) is 47.9 Å². The SMILES string of the molecule is O=C(CCOc1ccc(-c2cnc3nc2NCCCNS(=O)(=O)c2cccc(c2)N3)cc1)c1ccccc1.O=C(COCc1ccc(-c2cnc3nc2NCCCNS(=O)(=O)c2cccc(c2)N3)cc1)c1ccccc1.O=S1(=O)NCCCNc2nc(ncc2-c2ccc(OCCc3ccccc3)cc2)Nc2cccc1c2. The van der Waals surface area contributed by atoms with Crippen LogP contribution in [0.2, 0.25) is 0 Å². The molecule has 12 aromatic rings. The number of nitrogens with one attached hydrogen (secondary N) is 9. The lowest BCUT2D eigenvalue weighted by Crippen LogP contribution is -2.26. The largest absolute Gasteiger partial charge is 0.493 e. The Balaban J connectivity index is 0.000000147. The number of hydrogen-bond donors (Lipinski definition) is 9. The second-order valence-electron chi connectivity index (χ2n) is 25.9. The first-order valence-corrected chi connectivity index (χ1v) is 40.7. The summed E-state index contributed by atoms with van der Waals surface area (Å²) in [6.07, 6.45) is 8.10. The fraction of sp³-hybridized carbons (Fsp3) is 0.181. The number of rotatable bonds is 17. The molecule has 15 rings (SSSR count). The van der Waals surface area contributed by atoms with E-state index >= 15 is 0 Å². The van der Waals surface area contributed by atoms with E-state index in [0.29, 0.717) is 147 Å². The number of benzene rings is 9. The third kappa shape index (κ3) is 21.6. The highest BCUT2D eigenvalue weighted by Gasteiger charge is 2.22. The molecule has 3 aromatic heterocycles. The molecule has 9 N–H and O–H groups in total. The third-order valence-electron chi connectivity index (χ3n) is 17.8. The van der Waals surface area contributed by atoms with Crippen LogP contribution in [0, 0.1) is 0 Å². The van der Waals surface area contributed by atoms with Gasteiger partial charge in [-0.25, -0.2) is 54.4 Å². The van der Waals surface area contributed by atoms with Crippen molar-refractivity contribution in [1.82, 2.24) is 44.1 Å². The number of carbonyl (C=O) groups excluding carboxylic acids is 2. The molecule has 0 fully saturated rings. The van der Waals surface area contributed by atoms with Crippen LogP contribution in [-0.2, 0) is 47.8 Å². The first kappa shape index (κ1) is 77.8. The predicted octanol–water partition coefficient (Wildman–Crippen LogP) is 13.6. The van der Waals surface area contributed by atoms with E-state index < -0.39 is 30.1 Å². The Morgan fingerprint density at radius 2 is 0.732 bits per heavy atom. The van der Waals surface area contributed by atoms with E-state index in [4.69, 9.17) is 14.2 Å². The minimum Gasteiger partial charge on any atom is -0.493 e. The van der Waals surface area contributed by atoms with Gasteiger partial charge in [0, 0.05) is 116 Å². The highest BCUT2D eigenvalue weighted by atomic mass is 32.2. The first-order valence-electron chi connectivity index (χ1n) is 36.3. The van der Waals surface area contributed by atoms with Crippen molar-refractivity contribution in [2.24, 2.45) is 0 Å². The maximum atomic E-state index is 12.6. The number of hydrogen-bond acceptors (Lipinski definition) is 23. The molecule has 6 heterocycles. The van der Waals surface area contributed by atoms with Gasteiger partial charge in [0.1, 0.15) is 35.6 Å². The van der Waals surface area contributed by atoms with Crippen LogP contribution in [-0.4, -0.2) is 126 Å². The van der Waals surface area contributed by atoms with Crippen LogP contribution >= 0.6 is 0 Å². The molecule has 0 radical (unpaired) electrons. The first-order chi connectivity index (χ1) is 54.5. The van der Waals surface area contributed by atoms with Gasteiger partial charge in [-0.2, -0.15) is 15.0 Å². The van der Waals surface area contributed by atoms with Crippen molar-refractivity contribution in [2.45, 2.75) is 53.4 Å². The fourth-order valence-electron chi connectivity index (χ4n) is 11.9. The number of sulfonamides is 3. The van der Waals surface area contributed by atoms with Crippen molar-refractivity contribution in [3.05, 3.63) is 277 Å². The summed E-state index contributed by atoms with van der Waals surface area (Å²) in [4.78, 5) is 52.4. The van der Waals surface area contributed by atoms with E-state index in [-0.39, 0.29) is 39.5 Å². The van der Waals surface area contributed by atoms with E-state index in [0.717, 1.165) is 51.1 Å². The van der Waals surface area contributed by atoms with Gasteiger partial charge >= 0.3 is 0 Å². The third-order valence-corrected chi connectivity index (χ3v) is 22.1. The Labute approximate surface area is 649 Å². The predicted molar refractivity (Wildman–Crippen MR) is 433 cm³/mol. The lowest BCUT2D eigenvalue weighted by atomic mass is 10.1. The molecule has 3 aliphatic heterocycles. The second kappa shape index (κ2) is 37.4. The lowest BCUT2D eigenvalue weighted by molar-refractivity contribution is 0.0726. The zero-order valence-corrected chi connectivity index (χ0v) is 63.2. The molecule has 0 amide bonds. The van der Waals surface area contributed by atoms with Gasteiger partial charge in [0.05, 0.1) is 34.5 Å². The zero-order valence-electron chi connectivity index (χ0n) is 60.8. The van der Waals surface area contributed by atoms with Gasteiger partial charge in [-0.15, -0.1) is 0 Å². The number of carbonyl (C=O) groups is 2. The summed E-state index contributed by atoms with van der Waals surface area (Å²) in [5.74, 6) is 4.46. The van der Waals surface area contributed by atoms with Gasteiger partial charge in [-0.3, -0.25) is 9.59 Å². The highest BCUT2D eigenvalue weighted by Crippen LogP contribution is 2.34. The fourth-order valence-corrected chi connectivity index (χ4v) is 15.3. The molecule has 26 nitrogen and oxygen atoms in total. The summed E-state index contributed by atoms with van der Waals surface area (Å²) < 4.78 is 101. The lowest BCUT2D eigenvalue weighted by Gasteiger charge is -2.14.